The molecule has 1 unspecified atom stereocenters. The van der Waals surface area contributed by atoms with Crippen molar-refractivity contribution in [3.8, 4) is 0 Å². The Kier molecular flexibility index (Phi) is 21.3. The van der Waals surface area contributed by atoms with Crippen LogP contribution in [0.2, 0.25) is 0 Å². The maximum atomic E-state index is 6.84. The van der Waals surface area contributed by atoms with E-state index in [1.165, 1.54) is 11.1 Å². The molecule has 0 aromatic carbocycles. The molecular weight excluding hydrogens is 442 g/mol. The molecule has 2 rings (SSSR count). The van der Waals surface area contributed by atoms with Crippen LogP contribution in [0.25, 0.3) is 0 Å². The minimum Gasteiger partial charge on any atom is -0.323 e. The smallest absolute Gasteiger partial charge is 0.0566 e. The Morgan fingerprint density at radius 2 is 1.68 bits per heavy atom. The van der Waals surface area contributed by atoms with Gasteiger partial charge in [0.15, 0.2) is 0 Å². The zero-order valence-corrected chi connectivity index (χ0v) is 23.1. The van der Waals surface area contributed by atoms with E-state index in [9.17, 15) is 0 Å². The molecular formula is C26H43N7S. The summed E-state index contributed by atoms with van der Waals surface area (Å²) < 4.78 is 0. The fraction of sp³-hybridized carbons (Fsp3) is 0.423. The minimum atomic E-state index is -0.0684. The van der Waals surface area contributed by atoms with Crippen molar-refractivity contribution >= 4 is 39.2 Å². The van der Waals surface area contributed by atoms with Crippen LogP contribution in [0.3, 0.4) is 0 Å². The van der Waals surface area contributed by atoms with Crippen LogP contribution in [0.15, 0.2) is 63.1 Å². The molecule has 1 aromatic rings. The lowest BCUT2D eigenvalue weighted by Crippen LogP contribution is -1.89. The Labute approximate surface area is 209 Å². The van der Waals surface area contributed by atoms with Gasteiger partial charge >= 0.3 is 0 Å². The molecule has 8 heteroatoms. The number of aryl methyl sites for hydroxylation is 2. The third-order valence-electron chi connectivity index (χ3n) is 3.69. The monoisotopic (exact) mass is 485 g/mol. The van der Waals surface area contributed by atoms with Crippen LogP contribution in [-0.4, -0.2) is 44.9 Å². The highest BCUT2D eigenvalue weighted by atomic mass is 32.2. The second-order valence-corrected chi connectivity index (χ2v) is 9.29. The molecule has 1 aliphatic rings. The molecule has 0 aliphatic carbocycles. The molecule has 188 valence electrons. The van der Waals surface area contributed by atoms with E-state index >= 15 is 0 Å². The van der Waals surface area contributed by atoms with E-state index in [1.807, 2.05) is 72.2 Å². The summed E-state index contributed by atoms with van der Waals surface area (Å²) in [5, 5.41) is 10.3. The Balaban J connectivity index is 0. The quantitative estimate of drug-likeness (QED) is 0.168. The average molecular weight is 486 g/mol. The van der Waals surface area contributed by atoms with Crippen molar-refractivity contribution in [2.24, 2.45) is 20.9 Å². The molecule has 34 heavy (non-hydrogen) atoms. The van der Waals surface area contributed by atoms with Crippen LogP contribution in [0.5, 0.6) is 0 Å². The molecule has 0 saturated heterocycles. The summed E-state index contributed by atoms with van der Waals surface area (Å²) in [7, 11) is -0.0684. The maximum Gasteiger partial charge on any atom is 0.0566 e. The van der Waals surface area contributed by atoms with Crippen LogP contribution < -0.4 is 5.84 Å². The predicted molar refractivity (Wildman–Crippen MR) is 156 cm³/mol. The average Bonchev–Trinajstić information content (AvgIpc) is 3.01. The highest BCUT2D eigenvalue weighted by molar-refractivity contribution is 8.25. The van der Waals surface area contributed by atoms with Gasteiger partial charge in [0.25, 0.3) is 0 Å². The van der Waals surface area contributed by atoms with Gasteiger partial charge in [-0.1, -0.05) is 24.6 Å². The van der Waals surface area contributed by atoms with Gasteiger partial charge in [-0.2, -0.15) is 5.10 Å². The van der Waals surface area contributed by atoms with Gasteiger partial charge in [-0.15, -0.1) is 10.5 Å². The number of aromatic nitrogens is 2. The van der Waals surface area contributed by atoms with Gasteiger partial charge in [-0.05, 0) is 73.3 Å². The molecule has 0 spiro atoms. The highest BCUT2D eigenvalue weighted by Crippen LogP contribution is 2.05. The van der Waals surface area contributed by atoms with Gasteiger partial charge in [0, 0.05) is 42.0 Å². The maximum absolute atomic E-state index is 6.84. The molecule has 3 N–H and O–H groups in total. The van der Waals surface area contributed by atoms with Crippen LogP contribution >= 0.6 is 10.5 Å². The summed E-state index contributed by atoms with van der Waals surface area (Å²) in [4.78, 5) is 16.2. The van der Waals surface area contributed by atoms with E-state index in [4.69, 9.17) is 11.3 Å². The van der Waals surface area contributed by atoms with Gasteiger partial charge in [-0.25, -0.2) is 0 Å². The lowest BCUT2D eigenvalue weighted by atomic mass is 10.2. The standard InChI is InChI=1S/C8H11N.C6H12N2S.C6H8N2.C6H12N2/c1-7-3-4-8(2)9-6-5-7;1-6(2)8-5-9(3)4-7;1-5-3-8-6(2)4-7-5;1-3-4-5-6(2)8-7/h3-4,6H,5H2,1-2H3;4-5,7H,1-3H3;3-4H,1-2H3;4-5H,3,7H2,1-2H3/b;;;5-4-,8-6-. The Morgan fingerprint density at radius 3 is 2.12 bits per heavy atom. The van der Waals surface area contributed by atoms with Crippen LogP contribution in [0.1, 0.15) is 65.8 Å². The number of nitrogens with one attached hydrogen (secondary N) is 1. The van der Waals surface area contributed by atoms with Crippen molar-refractivity contribution in [3.05, 3.63) is 59.4 Å². The molecule has 0 bridgehead atoms. The first kappa shape index (κ1) is 33.2. The fourth-order valence-electron chi connectivity index (χ4n) is 1.72. The first-order chi connectivity index (χ1) is 16.0. The molecule has 0 saturated carbocycles. The minimum absolute atomic E-state index is 0.0684. The van der Waals surface area contributed by atoms with Gasteiger partial charge < -0.3 is 11.3 Å². The van der Waals surface area contributed by atoms with Gasteiger partial charge in [0.05, 0.1) is 22.6 Å². The summed E-state index contributed by atoms with van der Waals surface area (Å²) in [6, 6.07) is 0. The van der Waals surface area contributed by atoms with Crippen molar-refractivity contribution in [3.63, 3.8) is 0 Å². The van der Waals surface area contributed by atoms with Crippen molar-refractivity contribution in [1.29, 1.82) is 5.41 Å². The number of hydrogen-bond acceptors (Lipinski definition) is 6. The van der Waals surface area contributed by atoms with E-state index in [0.29, 0.717) is 0 Å². The number of allylic oxidation sites excluding steroid dienone is 6. The Morgan fingerprint density at radius 1 is 1.09 bits per heavy atom. The Bertz CT molecular complexity index is 894. The van der Waals surface area contributed by atoms with Gasteiger partial charge in [-0.3, -0.25) is 20.0 Å². The first-order valence-corrected chi connectivity index (χ1v) is 12.8. The van der Waals surface area contributed by atoms with Crippen molar-refractivity contribution < 1.29 is 0 Å². The number of hydrazone groups is 1. The molecule has 1 atom stereocenters. The molecule has 0 radical (unpaired) electrons. The number of nitrogens with zero attached hydrogens (tertiary/aromatic N) is 5. The molecule has 2 heterocycles. The number of aliphatic imine (C=N–C) groups is 2. The van der Waals surface area contributed by atoms with Crippen LogP contribution in [-0.2, 0) is 0 Å². The first-order valence-electron chi connectivity index (χ1n) is 11.1. The van der Waals surface area contributed by atoms with Gasteiger partial charge in [0.1, 0.15) is 0 Å². The van der Waals surface area contributed by atoms with E-state index < -0.39 is 0 Å². The van der Waals surface area contributed by atoms with Crippen molar-refractivity contribution in [2.45, 2.75) is 68.2 Å². The summed E-state index contributed by atoms with van der Waals surface area (Å²) in [6.07, 6.45) is 17.5. The number of rotatable bonds is 4. The summed E-state index contributed by atoms with van der Waals surface area (Å²) in [5.74, 6) is 4.95. The third-order valence-corrected chi connectivity index (χ3v) is 4.50. The van der Waals surface area contributed by atoms with E-state index in [1.54, 1.807) is 17.9 Å². The largest absolute Gasteiger partial charge is 0.323 e. The molecule has 7 nitrogen and oxygen atoms in total. The van der Waals surface area contributed by atoms with Crippen LogP contribution in [0.4, 0.5) is 0 Å². The summed E-state index contributed by atoms with van der Waals surface area (Å²) >= 11 is 0. The highest BCUT2D eigenvalue weighted by Gasteiger charge is 1.89. The number of hydrogen-bond donors (Lipinski definition) is 2. The van der Waals surface area contributed by atoms with Crippen molar-refractivity contribution in [1.82, 2.24) is 9.97 Å². The zero-order valence-electron chi connectivity index (χ0n) is 22.3. The topological polar surface area (TPSA) is 113 Å². The summed E-state index contributed by atoms with van der Waals surface area (Å²) in [6.45, 7) is 15.8. The fourth-order valence-corrected chi connectivity index (χ4v) is 2.15. The molecule has 1 aromatic heterocycles. The van der Waals surface area contributed by atoms with E-state index in [2.05, 4.69) is 45.0 Å². The predicted octanol–water partition coefficient (Wildman–Crippen LogP) is 6.42. The second-order valence-electron chi connectivity index (χ2n) is 7.62. The molecule has 0 fully saturated rings. The SMILES string of the molecule is CC(C)=N/C=S(/C)C=N.CC/C=C\C(C)=N/N.CC1=CC=C(C)N=CC1.Cc1cnc(C)cn1. The zero-order chi connectivity index (χ0) is 26.4. The normalized spacial score (nSPS) is 13.5. The number of nitrogens with two attached hydrogens (primary N) is 1. The second kappa shape index (κ2) is 21.8. The lowest BCUT2D eigenvalue weighted by Gasteiger charge is -1.88. The Hall–Kier alpha value is -3.00. The van der Waals surface area contributed by atoms with Gasteiger partial charge in [0.2, 0.25) is 0 Å². The lowest BCUT2D eigenvalue weighted by molar-refractivity contribution is 1.06. The van der Waals surface area contributed by atoms with E-state index in [-0.39, 0.29) is 10.5 Å². The molecule has 0 amide bonds. The molecule has 1 aliphatic heterocycles. The van der Waals surface area contributed by atoms with Crippen LogP contribution in [0, 0.1) is 19.3 Å². The van der Waals surface area contributed by atoms with Crippen molar-refractivity contribution in [2.75, 3.05) is 6.26 Å². The van der Waals surface area contributed by atoms with E-state index in [0.717, 1.165) is 41.3 Å². The summed E-state index contributed by atoms with van der Waals surface area (Å²) in [5.41, 5.74) is 9.49. The third kappa shape index (κ3) is 23.7.